The summed E-state index contributed by atoms with van der Waals surface area (Å²) in [7, 11) is 0. The van der Waals surface area contributed by atoms with Gasteiger partial charge in [0.25, 0.3) is 11.8 Å². The van der Waals surface area contributed by atoms with Gasteiger partial charge in [0.1, 0.15) is 11.9 Å². The lowest BCUT2D eigenvalue weighted by Gasteiger charge is -2.22. The summed E-state index contributed by atoms with van der Waals surface area (Å²) in [4.78, 5) is 27.6. The average molecular weight is 399 g/mol. The van der Waals surface area contributed by atoms with E-state index >= 15 is 0 Å². The van der Waals surface area contributed by atoms with Gasteiger partial charge in [-0.3, -0.25) is 9.59 Å². The molecule has 0 saturated carbocycles. The number of nitrogens with one attached hydrogen (secondary N) is 1. The van der Waals surface area contributed by atoms with Crippen molar-refractivity contribution >= 4 is 11.8 Å². The molecule has 2 aromatic rings. The van der Waals surface area contributed by atoms with E-state index in [0.29, 0.717) is 43.1 Å². The molecule has 2 aliphatic heterocycles. The SMILES string of the molecule is CCC(NC(=O)c1cc(C(=O)N2CCC(F)C2)n2c1COCC2)c1ccccc1. The lowest BCUT2D eigenvalue weighted by Crippen LogP contribution is -2.32. The van der Waals surface area contributed by atoms with E-state index in [-0.39, 0.29) is 31.0 Å². The standard InChI is InChI=1S/C22H26FN3O3/c1-2-18(15-6-4-3-5-7-15)24-21(27)17-12-19(26-10-11-29-14-20(17)26)22(28)25-9-8-16(23)13-25/h3-7,12,16,18H,2,8-11,13-14H2,1H3,(H,24,27). The number of carbonyl (C=O) groups is 2. The molecule has 1 fully saturated rings. The van der Waals surface area contributed by atoms with Gasteiger partial charge < -0.3 is 19.5 Å². The minimum Gasteiger partial charge on any atom is -0.373 e. The Morgan fingerprint density at radius 3 is 2.76 bits per heavy atom. The van der Waals surface area contributed by atoms with Crippen molar-refractivity contribution in [2.75, 3.05) is 19.7 Å². The molecule has 2 aliphatic rings. The van der Waals surface area contributed by atoms with Crippen LogP contribution in [0.15, 0.2) is 36.4 Å². The number of benzene rings is 1. The fourth-order valence-electron chi connectivity index (χ4n) is 4.10. The van der Waals surface area contributed by atoms with E-state index in [1.807, 2.05) is 41.8 Å². The monoisotopic (exact) mass is 399 g/mol. The van der Waals surface area contributed by atoms with Gasteiger partial charge in [0.15, 0.2) is 0 Å². The number of rotatable bonds is 5. The Balaban J connectivity index is 1.61. The van der Waals surface area contributed by atoms with Gasteiger partial charge in [-0.2, -0.15) is 0 Å². The van der Waals surface area contributed by atoms with Gasteiger partial charge in [-0.05, 0) is 24.5 Å². The molecule has 1 saturated heterocycles. The molecule has 1 N–H and O–H groups in total. The normalized spacial score (nSPS) is 19.7. The Morgan fingerprint density at radius 2 is 2.07 bits per heavy atom. The van der Waals surface area contributed by atoms with Crippen molar-refractivity contribution in [2.24, 2.45) is 0 Å². The Hall–Kier alpha value is -2.67. The van der Waals surface area contributed by atoms with E-state index in [9.17, 15) is 14.0 Å². The molecular weight excluding hydrogens is 373 g/mol. The molecule has 0 aliphatic carbocycles. The molecular formula is C22H26FN3O3. The summed E-state index contributed by atoms with van der Waals surface area (Å²) < 4.78 is 21.0. The first-order chi connectivity index (χ1) is 14.1. The van der Waals surface area contributed by atoms with Gasteiger partial charge in [-0.25, -0.2) is 4.39 Å². The first-order valence-electron chi connectivity index (χ1n) is 10.2. The van der Waals surface area contributed by atoms with Crippen LogP contribution in [-0.4, -0.2) is 47.1 Å². The van der Waals surface area contributed by atoms with Gasteiger partial charge in [0.05, 0.1) is 37.1 Å². The molecule has 6 nitrogen and oxygen atoms in total. The van der Waals surface area contributed by atoms with Crippen molar-refractivity contribution in [1.82, 2.24) is 14.8 Å². The van der Waals surface area contributed by atoms with E-state index in [4.69, 9.17) is 4.74 Å². The van der Waals surface area contributed by atoms with Crippen LogP contribution in [-0.2, 0) is 17.9 Å². The number of amides is 2. The van der Waals surface area contributed by atoms with Crippen molar-refractivity contribution in [1.29, 1.82) is 0 Å². The lowest BCUT2D eigenvalue weighted by molar-refractivity contribution is 0.0708. The van der Waals surface area contributed by atoms with E-state index in [1.54, 1.807) is 6.07 Å². The highest BCUT2D eigenvalue weighted by Gasteiger charge is 2.32. The first kappa shape index (κ1) is 19.6. The van der Waals surface area contributed by atoms with Crippen LogP contribution in [0.5, 0.6) is 0 Å². The number of likely N-dealkylation sites (tertiary alicyclic amines) is 1. The molecule has 29 heavy (non-hydrogen) atoms. The Morgan fingerprint density at radius 1 is 1.28 bits per heavy atom. The first-order valence-corrected chi connectivity index (χ1v) is 10.2. The van der Waals surface area contributed by atoms with Crippen LogP contribution in [0, 0.1) is 0 Å². The molecule has 2 unspecified atom stereocenters. The Kier molecular flexibility index (Phi) is 5.67. The predicted octanol–water partition coefficient (Wildman–Crippen LogP) is 3.08. The van der Waals surface area contributed by atoms with Gasteiger partial charge in [0.2, 0.25) is 0 Å². The highest BCUT2D eigenvalue weighted by atomic mass is 19.1. The molecule has 0 bridgehead atoms. The fraction of sp³-hybridized carbons (Fsp3) is 0.455. The molecule has 1 aromatic carbocycles. The second-order valence-electron chi connectivity index (χ2n) is 7.58. The van der Waals surface area contributed by atoms with Crippen LogP contribution in [0.4, 0.5) is 4.39 Å². The second kappa shape index (κ2) is 8.37. The summed E-state index contributed by atoms with van der Waals surface area (Å²) in [6, 6.07) is 11.3. The van der Waals surface area contributed by atoms with Crippen molar-refractivity contribution in [3.05, 3.63) is 58.9 Å². The third-order valence-electron chi connectivity index (χ3n) is 5.70. The predicted molar refractivity (Wildman–Crippen MR) is 106 cm³/mol. The molecule has 0 radical (unpaired) electrons. The lowest BCUT2D eigenvalue weighted by atomic mass is 10.0. The number of hydrogen-bond acceptors (Lipinski definition) is 3. The average Bonchev–Trinajstić information content (AvgIpc) is 3.36. The van der Waals surface area contributed by atoms with Crippen molar-refractivity contribution in [3.63, 3.8) is 0 Å². The highest BCUT2D eigenvalue weighted by molar-refractivity contribution is 6.01. The van der Waals surface area contributed by atoms with Gasteiger partial charge in [-0.1, -0.05) is 37.3 Å². The molecule has 2 atom stereocenters. The maximum atomic E-state index is 13.6. The third-order valence-corrected chi connectivity index (χ3v) is 5.70. The summed E-state index contributed by atoms with van der Waals surface area (Å²) in [5.41, 5.74) is 2.64. The molecule has 3 heterocycles. The number of carbonyl (C=O) groups excluding carboxylic acids is 2. The third kappa shape index (κ3) is 3.92. The largest absolute Gasteiger partial charge is 0.373 e. The van der Waals surface area contributed by atoms with Crippen molar-refractivity contribution < 1.29 is 18.7 Å². The van der Waals surface area contributed by atoms with Crippen LogP contribution in [0.2, 0.25) is 0 Å². The molecule has 0 spiro atoms. The fourth-order valence-corrected chi connectivity index (χ4v) is 4.10. The molecule has 4 rings (SSSR count). The number of fused-ring (bicyclic) bond motifs is 1. The van der Waals surface area contributed by atoms with E-state index in [0.717, 1.165) is 12.0 Å². The summed E-state index contributed by atoms with van der Waals surface area (Å²) in [6.07, 6.45) is 0.141. The van der Waals surface area contributed by atoms with Crippen LogP contribution in [0.1, 0.15) is 57.9 Å². The van der Waals surface area contributed by atoms with Gasteiger partial charge in [-0.15, -0.1) is 0 Å². The van der Waals surface area contributed by atoms with Crippen molar-refractivity contribution in [2.45, 2.75) is 45.1 Å². The van der Waals surface area contributed by atoms with Gasteiger partial charge >= 0.3 is 0 Å². The van der Waals surface area contributed by atoms with Crippen LogP contribution >= 0.6 is 0 Å². The summed E-state index contributed by atoms with van der Waals surface area (Å²) in [5.74, 6) is -0.443. The number of nitrogens with zero attached hydrogens (tertiary/aromatic N) is 2. The Labute approximate surface area is 169 Å². The van der Waals surface area contributed by atoms with Crippen molar-refractivity contribution in [3.8, 4) is 0 Å². The van der Waals surface area contributed by atoms with Crippen LogP contribution in [0.25, 0.3) is 0 Å². The van der Waals surface area contributed by atoms with E-state index in [2.05, 4.69) is 5.32 Å². The number of ether oxygens (including phenoxy) is 1. The molecule has 1 aromatic heterocycles. The summed E-state index contributed by atoms with van der Waals surface area (Å²) in [5, 5.41) is 3.09. The summed E-state index contributed by atoms with van der Waals surface area (Å²) >= 11 is 0. The number of alkyl halides is 1. The minimum atomic E-state index is -0.975. The highest BCUT2D eigenvalue weighted by Crippen LogP contribution is 2.25. The second-order valence-corrected chi connectivity index (χ2v) is 7.58. The topological polar surface area (TPSA) is 63.6 Å². The maximum Gasteiger partial charge on any atom is 0.270 e. The van der Waals surface area contributed by atoms with E-state index in [1.165, 1.54) is 4.90 Å². The Bertz CT molecular complexity index is 896. The smallest absolute Gasteiger partial charge is 0.270 e. The zero-order valence-electron chi connectivity index (χ0n) is 16.6. The number of halogens is 1. The number of aromatic nitrogens is 1. The molecule has 2 amide bonds. The molecule has 7 heteroatoms. The zero-order chi connectivity index (χ0) is 20.4. The van der Waals surface area contributed by atoms with Gasteiger partial charge in [0, 0.05) is 13.1 Å². The van der Waals surface area contributed by atoms with Crippen LogP contribution in [0.3, 0.4) is 0 Å². The summed E-state index contributed by atoms with van der Waals surface area (Å²) in [6.45, 7) is 3.81. The quantitative estimate of drug-likeness (QED) is 0.840. The number of hydrogen-bond donors (Lipinski definition) is 1. The van der Waals surface area contributed by atoms with Crippen LogP contribution < -0.4 is 5.32 Å². The maximum absolute atomic E-state index is 13.6. The zero-order valence-corrected chi connectivity index (χ0v) is 16.6. The molecule has 154 valence electrons. The van der Waals surface area contributed by atoms with E-state index < -0.39 is 6.17 Å². The minimum absolute atomic E-state index is 0.114.